The lowest BCUT2D eigenvalue weighted by Crippen LogP contribution is -2.31. The summed E-state index contributed by atoms with van der Waals surface area (Å²) >= 11 is 1.61. The van der Waals surface area contributed by atoms with E-state index in [-0.39, 0.29) is 30.3 Å². The van der Waals surface area contributed by atoms with Crippen LogP contribution >= 0.6 is 11.8 Å². The molecule has 35 heavy (non-hydrogen) atoms. The van der Waals surface area contributed by atoms with Crippen molar-refractivity contribution in [3.05, 3.63) is 95.6 Å². The van der Waals surface area contributed by atoms with Crippen LogP contribution in [0, 0.1) is 0 Å². The third-order valence-corrected chi connectivity index (χ3v) is 8.09. The predicted octanol–water partition coefficient (Wildman–Crippen LogP) is 4.25. The number of aliphatic hydroxyl groups is 2. The van der Waals surface area contributed by atoms with E-state index >= 15 is 0 Å². The van der Waals surface area contributed by atoms with Crippen molar-refractivity contribution in [2.75, 3.05) is 22.8 Å². The molecule has 1 heterocycles. The van der Waals surface area contributed by atoms with Gasteiger partial charge in [-0.2, -0.15) is 11.8 Å². The molecule has 0 aromatic heterocycles. The fourth-order valence-electron chi connectivity index (χ4n) is 3.86. The van der Waals surface area contributed by atoms with Gasteiger partial charge < -0.3 is 19.7 Å². The number of sulfonamides is 1. The van der Waals surface area contributed by atoms with Crippen LogP contribution in [-0.2, 0) is 26.1 Å². The Hall–Kier alpha value is -2.40. The van der Waals surface area contributed by atoms with Crippen LogP contribution in [0.15, 0.2) is 83.8 Å². The van der Waals surface area contributed by atoms with Crippen molar-refractivity contribution in [3.63, 3.8) is 0 Å². The van der Waals surface area contributed by atoms with E-state index in [0.29, 0.717) is 29.2 Å². The third-order valence-electron chi connectivity index (χ3n) is 5.62. The molecule has 3 aromatic rings. The van der Waals surface area contributed by atoms with Gasteiger partial charge in [0.2, 0.25) is 0 Å². The SMILES string of the molecule is O=S(=O)(Nc1cccc([C@H]2O[C@@H](CSCCO)C[C@@H](c3ccc(CO)cc3)O2)c1)c1ccccc1. The second kappa shape index (κ2) is 12.0. The van der Waals surface area contributed by atoms with Crippen LogP contribution in [0.5, 0.6) is 0 Å². The monoisotopic (exact) mass is 515 g/mol. The highest BCUT2D eigenvalue weighted by Crippen LogP contribution is 2.39. The molecule has 1 fully saturated rings. The molecule has 0 amide bonds. The van der Waals surface area contributed by atoms with Crippen molar-refractivity contribution in [3.8, 4) is 0 Å². The van der Waals surface area contributed by atoms with Gasteiger partial charge in [-0.05, 0) is 35.4 Å². The highest BCUT2D eigenvalue weighted by Gasteiger charge is 2.32. The van der Waals surface area contributed by atoms with Crippen LogP contribution < -0.4 is 4.72 Å². The normalized spacial score (nSPS) is 20.5. The Morgan fingerprint density at radius 3 is 2.40 bits per heavy atom. The topological polar surface area (TPSA) is 105 Å². The maximum Gasteiger partial charge on any atom is 0.261 e. The van der Waals surface area contributed by atoms with Crippen LogP contribution in [-0.4, -0.2) is 42.8 Å². The molecule has 0 bridgehead atoms. The molecule has 0 unspecified atom stereocenters. The Balaban J connectivity index is 1.55. The average Bonchev–Trinajstić information content (AvgIpc) is 2.89. The molecule has 3 aromatic carbocycles. The van der Waals surface area contributed by atoms with Crippen molar-refractivity contribution in [2.24, 2.45) is 0 Å². The minimum Gasteiger partial charge on any atom is -0.396 e. The molecular formula is C26H29NO6S2. The van der Waals surface area contributed by atoms with Crippen LogP contribution in [0.1, 0.15) is 35.5 Å². The summed E-state index contributed by atoms with van der Waals surface area (Å²) in [6.07, 6.45) is -0.385. The lowest BCUT2D eigenvalue weighted by atomic mass is 10.0. The zero-order valence-corrected chi connectivity index (χ0v) is 20.8. The first kappa shape index (κ1) is 25.7. The van der Waals surface area contributed by atoms with E-state index in [0.717, 1.165) is 11.1 Å². The zero-order valence-electron chi connectivity index (χ0n) is 19.1. The molecule has 0 radical (unpaired) electrons. The van der Waals surface area contributed by atoms with Gasteiger partial charge in [0, 0.05) is 29.2 Å². The van der Waals surface area contributed by atoms with Gasteiger partial charge in [-0.3, -0.25) is 4.72 Å². The molecule has 7 nitrogen and oxygen atoms in total. The lowest BCUT2D eigenvalue weighted by Gasteiger charge is -2.36. The number of hydrogen-bond acceptors (Lipinski definition) is 7. The molecule has 0 aliphatic carbocycles. The highest BCUT2D eigenvalue weighted by molar-refractivity contribution is 7.99. The fraction of sp³-hybridized carbons (Fsp3) is 0.308. The van der Waals surface area contributed by atoms with E-state index < -0.39 is 16.3 Å². The van der Waals surface area contributed by atoms with Crippen LogP contribution in [0.2, 0.25) is 0 Å². The summed E-state index contributed by atoms with van der Waals surface area (Å²) in [5.41, 5.74) is 2.92. The van der Waals surface area contributed by atoms with Crippen molar-refractivity contribution >= 4 is 27.5 Å². The molecule has 3 atom stereocenters. The summed E-state index contributed by atoms with van der Waals surface area (Å²) in [4.78, 5) is 0.183. The van der Waals surface area contributed by atoms with E-state index in [1.807, 2.05) is 30.3 Å². The summed E-state index contributed by atoms with van der Waals surface area (Å²) in [7, 11) is -3.73. The third kappa shape index (κ3) is 6.84. The van der Waals surface area contributed by atoms with Gasteiger partial charge in [-0.1, -0.05) is 54.6 Å². The molecule has 0 saturated carbocycles. The minimum absolute atomic E-state index is 0.0242. The van der Waals surface area contributed by atoms with Gasteiger partial charge in [-0.15, -0.1) is 0 Å². The van der Waals surface area contributed by atoms with Crippen molar-refractivity contribution in [1.82, 2.24) is 0 Å². The smallest absolute Gasteiger partial charge is 0.261 e. The Labute approximate surface area is 210 Å². The Morgan fingerprint density at radius 2 is 1.69 bits per heavy atom. The molecule has 1 saturated heterocycles. The van der Waals surface area contributed by atoms with E-state index in [9.17, 15) is 13.5 Å². The van der Waals surface area contributed by atoms with Gasteiger partial charge in [0.15, 0.2) is 6.29 Å². The molecular weight excluding hydrogens is 486 g/mol. The first-order valence-electron chi connectivity index (χ1n) is 11.4. The fourth-order valence-corrected chi connectivity index (χ4v) is 5.71. The van der Waals surface area contributed by atoms with Gasteiger partial charge in [-0.25, -0.2) is 8.42 Å². The van der Waals surface area contributed by atoms with E-state index in [1.54, 1.807) is 60.3 Å². The minimum atomic E-state index is -3.73. The van der Waals surface area contributed by atoms with E-state index in [1.165, 1.54) is 0 Å². The quantitative estimate of drug-likeness (QED) is 0.347. The number of nitrogens with one attached hydrogen (secondary N) is 1. The molecule has 3 N–H and O–H groups in total. The standard InChI is InChI=1S/C26H29NO6S2/c28-13-14-34-18-23-16-25(20-11-9-19(17-29)10-12-20)33-26(32-23)21-5-4-6-22(15-21)27-35(30,31)24-7-2-1-3-8-24/h1-12,15,23,25-29H,13-14,16-18H2/t23-,25+,26+/m1/s1. The predicted molar refractivity (Wildman–Crippen MR) is 137 cm³/mol. The summed E-state index contributed by atoms with van der Waals surface area (Å²) in [5, 5.41) is 18.5. The number of aliphatic hydroxyl groups excluding tert-OH is 2. The van der Waals surface area contributed by atoms with E-state index in [2.05, 4.69) is 4.72 Å². The summed E-state index contributed by atoms with van der Waals surface area (Å²) in [6.45, 7) is 0.0800. The van der Waals surface area contributed by atoms with Crippen LogP contribution in [0.25, 0.3) is 0 Å². The Bertz CT molecular complexity index is 1190. The van der Waals surface area contributed by atoms with Gasteiger partial charge >= 0.3 is 0 Å². The summed E-state index contributed by atoms with van der Waals surface area (Å²) < 4.78 is 40.7. The number of hydrogen-bond donors (Lipinski definition) is 3. The maximum absolute atomic E-state index is 12.8. The second-order valence-electron chi connectivity index (χ2n) is 8.19. The molecule has 9 heteroatoms. The summed E-state index contributed by atoms with van der Waals surface area (Å²) in [6, 6.07) is 22.9. The largest absolute Gasteiger partial charge is 0.396 e. The van der Waals surface area contributed by atoms with Crippen LogP contribution in [0.4, 0.5) is 5.69 Å². The van der Waals surface area contributed by atoms with Gasteiger partial charge in [0.1, 0.15) is 0 Å². The van der Waals surface area contributed by atoms with Crippen molar-refractivity contribution < 1.29 is 28.1 Å². The average molecular weight is 516 g/mol. The molecule has 1 aliphatic heterocycles. The number of rotatable bonds is 10. The van der Waals surface area contributed by atoms with Crippen LogP contribution in [0.3, 0.4) is 0 Å². The van der Waals surface area contributed by atoms with E-state index in [4.69, 9.17) is 14.6 Å². The number of thioether (sulfide) groups is 1. The van der Waals surface area contributed by atoms with Crippen molar-refractivity contribution in [2.45, 2.75) is 36.4 Å². The summed E-state index contributed by atoms with van der Waals surface area (Å²) in [5.74, 6) is 1.32. The molecule has 4 rings (SSSR count). The molecule has 0 spiro atoms. The Kier molecular flexibility index (Phi) is 8.83. The lowest BCUT2D eigenvalue weighted by molar-refractivity contribution is -0.245. The molecule has 1 aliphatic rings. The highest BCUT2D eigenvalue weighted by atomic mass is 32.2. The van der Waals surface area contributed by atoms with Crippen molar-refractivity contribution in [1.29, 1.82) is 0 Å². The second-order valence-corrected chi connectivity index (χ2v) is 11.0. The first-order chi connectivity index (χ1) is 17.0. The number of ether oxygens (including phenoxy) is 2. The number of benzene rings is 3. The van der Waals surface area contributed by atoms with Gasteiger partial charge in [0.05, 0.1) is 30.3 Å². The molecule has 186 valence electrons. The number of anilines is 1. The van der Waals surface area contributed by atoms with Gasteiger partial charge in [0.25, 0.3) is 10.0 Å². The maximum atomic E-state index is 12.8. The first-order valence-corrected chi connectivity index (χ1v) is 14.0. The Morgan fingerprint density at radius 1 is 0.914 bits per heavy atom. The zero-order chi connectivity index (χ0) is 24.7.